The Balaban J connectivity index is 2.08. The second kappa shape index (κ2) is 8.34. The number of methoxy groups -OCH3 is 3. The normalized spacial score (nSPS) is 23.0. The lowest BCUT2D eigenvalue weighted by atomic mass is 9.80. The number of hydrogen-bond acceptors (Lipinski definition) is 5. The lowest BCUT2D eigenvalue weighted by Gasteiger charge is -2.38. The number of carbonyl (C=O) groups is 2. The van der Waals surface area contributed by atoms with E-state index in [4.69, 9.17) is 14.2 Å². The number of benzene rings is 1. The van der Waals surface area contributed by atoms with Crippen molar-refractivity contribution >= 4 is 11.9 Å². The summed E-state index contributed by atoms with van der Waals surface area (Å²) in [5.74, 6) is 0.182. The quantitative estimate of drug-likeness (QED) is 0.797. The van der Waals surface area contributed by atoms with Crippen molar-refractivity contribution in [2.75, 3.05) is 21.3 Å². The average Bonchev–Trinajstić information content (AvgIpc) is 2.63. The van der Waals surface area contributed by atoms with Gasteiger partial charge < -0.3 is 19.5 Å². The molecule has 1 saturated carbocycles. The zero-order valence-corrected chi connectivity index (χ0v) is 15.4. The van der Waals surface area contributed by atoms with E-state index in [2.05, 4.69) is 5.32 Å². The Bertz CT molecular complexity index is 620. The van der Waals surface area contributed by atoms with Crippen LogP contribution in [0.15, 0.2) is 18.2 Å². The van der Waals surface area contributed by atoms with Gasteiger partial charge in [0.05, 0.1) is 26.7 Å². The minimum atomic E-state index is -0.957. The molecule has 1 N–H and O–H groups in total. The molecule has 6 nitrogen and oxygen atoms in total. The first-order valence-electron chi connectivity index (χ1n) is 8.50. The SMILES string of the molecule is COC(=O)C1(NC(=O)Cc2ccc(OC)cc2C)CCC(OC)CC1. The molecule has 1 aromatic carbocycles. The third-order valence-electron chi connectivity index (χ3n) is 4.98. The summed E-state index contributed by atoms with van der Waals surface area (Å²) in [5, 5.41) is 2.93. The highest BCUT2D eigenvalue weighted by Gasteiger charge is 2.44. The Morgan fingerprint density at radius 2 is 1.88 bits per heavy atom. The van der Waals surface area contributed by atoms with Crippen LogP contribution in [0.25, 0.3) is 0 Å². The summed E-state index contributed by atoms with van der Waals surface area (Å²) in [6.07, 6.45) is 2.80. The third kappa shape index (κ3) is 4.51. The van der Waals surface area contributed by atoms with E-state index in [0.717, 1.165) is 16.9 Å². The van der Waals surface area contributed by atoms with Crippen molar-refractivity contribution in [2.45, 2.75) is 50.7 Å². The highest BCUT2D eigenvalue weighted by atomic mass is 16.5. The van der Waals surface area contributed by atoms with Crippen molar-refractivity contribution < 1.29 is 23.8 Å². The van der Waals surface area contributed by atoms with Crippen molar-refractivity contribution in [1.29, 1.82) is 0 Å². The summed E-state index contributed by atoms with van der Waals surface area (Å²) in [5.41, 5.74) is 0.926. The maximum Gasteiger partial charge on any atom is 0.331 e. The molecule has 0 saturated heterocycles. The molecule has 2 rings (SSSR count). The molecule has 0 atom stereocenters. The van der Waals surface area contributed by atoms with E-state index in [1.807, 2.05) is 25.1 Å². The number of carbonyl (C=O) groups excluding carboxylic acids is 2. The molecule has 0 aromatic heterocycles. The van der Waals surface area contributed by atoms with Crippen LogP contribution in [0.4, 0.5) is 0 Å². The maximum atomic E-state index is 12.6. The zero-order chi connectivity index (χ0) is 18.4. The van der Waals surface area contributed by atoms with Crippen LogP contribution in [0.2, 0.25) is 0 Å². The Morgan fingerprint density at radius 3 is 2.40 bits per heavy atom. The van der Waals surface area contributed by atoms with Gasteiger partial charge in [0.2, 0.25) is 5.91 Å². The molecule has 0 radical (unpaired) electrons. The van der Waals surface area contributed by atoms with Crippen LogP contribution in [-0.4, -0.2) is 44.8 Å². The molecule has 0 aliphatic heterocycles. The smallest absolute Gasteiger partial charge is 0.331 e. The number of hydrogen-bond donors (Lipinski definition) is 1. The van der Waals surface area contributed by atoms with E-state index in [1.165, 1.54) is 7.11 Å². The van der Waals surface area contributed by atoms with E-state index in [0.29, 0.717) is 25.7 Å². The summed E-state index contributed by atoms with van der Waals surface area (Å²) >= 11 is 0. The predicted octanol–water partition coefficient (Wildman–Crippen LogP) is 2.16. The second-order valence-electron chi connectivity index (χ2n) is 6.53. The second-order valence-corrected chi connectivity index (χ2v) is 6.53. The summed E-state index contributed by atoms with van der Waals surface area (Å²) in [6, 6.07) is 5.60. The van der Waals surface area contributed by atoms with Crippen LogP contribution in [-0.2, 0) is 25.5 Å². The van der Waals surface area contributed by atoms with Crippen molar-refractivity contribution in [2.24, 2.45) is 0 Å². The van der Waals surface area contributed by atoms with Gasteiger partial charge in [-0.1, -0.05) is 6.07 Å². The number of esters is 1. The van der Waals surface area contributed by atoms with E-state index >= 15 is 0 Å². The van der Waals surface area contributed by atoms with E-state index in [-0.39, 0.29) is 24.4 Å². The number of amides is 1. The first kappa shape index (κ1) is 19.2. The standard InChI is InChI=1S/C19H27NO5/c1-13-11-16(24-3)6-5-14(13)12-17(21)20-19(18(22)25-4)9-7-15(23-2)8-10-19/h5-6,11,15H,7-10,12H2,1-4H3,(H,20,21). The van der Waals surface area contributed by atoms with E-state index in [9.17, 15) is 9.59 Å². The summed E-state index contributed by atoms with van der Waals surface area (Å²) < 4.78 is 15.5. The highest BCUT2D eigenvalue weighted by molar-refractivity contribution is 5.89. The third-order valence-corrected chi connectivity index (χ3v) is 4.98. The fourth-order valence-electron chi connectivity index (χ4n) is 3.37. The Kier molecular flexibility index (Phi) is 6.42. The van der Waals surface area contributed by atoms with Crippen LogP contribution in [0.5, 0.6) is 5.75 Å². The number of nitrogens with one attached hydrogen (secondary N) is 1. The first-order valence-corrected chi connectivity index (χ1v) is 8.50. The van der Waals surface area contributed by atoms with Gasteiger partial charge in [0.1, 0.15) is 11.3 Å². The van der Waals surface area contributed by atoms with Gasteiger partial charge in [-0.15, -0.1) is 0 Å². The van der Waals surface area contributed by atoms with Crippen LogP contribution in [0.1, 0.15) is 36.8 Å². The van der Waals surface area contributed by atoms with Crippen molar-refractivity contribution in [3.63, 3.8) is 0 Å². The maximum absolute atomic E-state index is 12.6. The van der Waals surface area contributed by atoms with Gasteiger partial charge in [0.25, 0.3) is 0 Å². The fraction of sp³-hybridized carbons (Fsp3) is 0.579. The topological polar surface area (TPSA) is 73.9 Å². The minimum absolute atomic E-state index is 0.124. The molecule has 1 aliphatic carbocycles. The van der Waals surface area contributed by atoms with Crippen LogP contribution in [0.3, 0.4) is 0 Å². The van der Waals surface area contributed by atoms with Gasteiger partial charge in [-0.25, -0.2) is 4.79 Å². The van der Waals surface area contributed by atoms with Gasteiger partial charge in [-0.3, -0.25) is 4.79 Å². The van der Waals surface area contributed by atoms with Crippen LogP contribution >= 0.6 is 0 Å². The summed E-state index contributed by atoms with van der Waals surface area (Å²) in [7, 11) is 4.63. The molecule has 1 aliphatic rings. The Labute approximate surface area is 148 Å². The molecule has 0 unspecified atom stereocenters. The molecule has 1 amide bonds. The zero-order valence-electron chi connectivity index (χ0n) is 15.4. The van der Waals surface area contributed by atoms with Gasteiger partial charge in [-0.2, -0.15) is 0 Å². The summed E-state index contributed by atoms with van der Waals surface area (Å²) in [4.78, 5) is 24.9. The van der Waals surface area contributed by atoms with Crippen LogP contribution in [0, 0.1) is 6.92 Å². The van der Waals surface area contributed by atoms with Crippen molar-refractivity contribution in [1.82, 2.24) is 5.32 Å². The minimum Gasteiger partial charge on any atom is -0.497 e. The molecule has 0 heterocycles. The molecule has 0 bridgehead atoms. The van der Waals surface area contributed by atoms with Gasteiger partial charge >= 0.3 is 5.97 Å². The Morgan fingerprint density at radius 1 is 1.20 bits per heavy atom. The molecular weight excluding hydrogens is 322 g/mol. The van der Waals surface area contributed by atoms with Gasteiger partial charge in [0.15, 0.2) is 0 Å². The van der Waals surface area contributed by atoms with Crippen molar-refractivity contribution in [3.8, 4) is 5.75 Å². The number of ether oxygens (including phenoxy) is 3. The molecule has 25 heavy (non-hydrogen) atoms. The monoisotopic (exact) mass is 349 g/mol. The molecular formula is C19H27NO5. The molecule has 138 valence electrons. The van der Waals surface area contributed by atoms with Gasteiger partial charge in [-0.05, 0) is 55.9 Å². The van der Waals surface area contributed by atoms with Crippen molar-refractivity contribution in [3.05, 3.63) is 29.3 Å². The van der Waals surface area contributed by atoms with Gasteiger partial charge in [0, 0.05) is 7.11 Å². The van der Waals surface area contributed by atoms with Crippen LogP contribution < -0.4 is 10.1 Å². The van der Waals surface area contributed by atoms with E-state index < -0.39 is 5.54 Å². The fourth-order valence-corrected chi connectivity index (χ4v) is 3.37. The first-order chi connectivity index (χ1) is 11.9. The lowest BCUT2D eigenvalue weighted by molar-refractivity contribution is -0.153. The average molecular weight is 349 g/mol. The molecule has 0 spiro atoms. The number of aryl methyl sites for hydroxylation is 1. The molecule has 1 fully saturated rings. The summed E-state index contributed by atoms with van der Waals surface area (Å²) in [6.45, 7) is 1.94. The number of rotatable bonds is 6. The predicted molar refractivity (Wildman–Crippen MR) is 93.6 cm³/mol. The van der Waals surface area contributed by atoms with E-state index in [1.54, 1.807) is 14.2 Å². The lowest BCUT2D eigenvalue weighted by Crippen LogP contribution is -2.57. The largest absolute Gasteiger partial charge is 0.497 e. The highest BCUT2D eigenvalue weighted by Crippen LogP contribution is 2.31. The molecule has 6 heteroatoms. The Hall–Kier alpha value is -2.08. The molecule has 1 aromatic rings.